The van der Waals surface area contributed by atoms with Gasteiger partial charge in [0.05, 0.1) is 11.0 Å². The minimum atomic E-state index is 0.0247. The second-order valence-electron chi connectivity index (χ2n) is 17.4. The van der Waals surface area contributed by atoms with Crippen LogP contribution in [-0.4, -0.2) is 4.57 Å². The Balaban J connectivity index is 1.07. The van der Waals surface area contributed by atoms with Gasteiger partial charge in [-0.25, -0.2) is 0 Å². The number of benzene rings is 10. The molecule has 296 valence electrons. The first-order valence-electron chi connectivity index (χ1n) is 21.6. The highest BCUT2D eigenvalue weighted by molar-refractivity contribution is 6.22. The van der Waals surface area contributed by atoms with E-state index in [2.05, 4.69) is 255 Å². The molecule has 11 aromatic rings. The molecule has 0 radical (unpaired) electrons. The molecule has 11 rings (SSSR count). The van der Waals surface area contributed by atoms with Crippen LogP contribution < -0.4 is 4.90 Å². The molecule has 2 nitrogen and oxygen atoms in total. The zero-order chi connectivity index (χ0) is 41.8. The van der Waals surface area contributed by atoms with Crippen LogP contribution in [0.25, 0.3) is 82.4 Å². The molecule has 1 heterocycles. The van der Waals surface area contributed by atoms with Crippen LogP contribution in [0.1, 0.15) is 26.3 Å². The van der Waals surface area contributed by atoms with Crippen LogP contribution in [0.3, 0.4) is 0 Å². The third-order valence-corrected chi connectivity index (χ3v) is 12.5. The molecule has 0 saturated heterocycles. The zero-order valence-corrected chi connectivity index (χ0v) is 35.3. The molecule has 10 aromatic carbocycles. The van der Waals surface area contributed by atoms with Gasteiger partial charge in [0, 0.05) is 33.5 Å². The Morgan fingerprint density at radius 3 is 1.40 bits per heavy atom. The van der Waals surface area contributed by atoms with E-state index in [4.69, 9.17) is 0 Å². The first kappa shape index (κ1) is 37.3. The third kappa shape index (κ3) is 6.44. The molecule has 62 heavy (non-hydrogen) atoms. The fourth-order valence-electron chi connectivity index (χ4n) is 9.49. The molecule has 0 aliphatic rings. The van der Waals surface area contributed by atoms with Crippen molar-refractivity contribution in [3.8, 4) is 39.1 Å². The summed E-state index contributed by atoms with van der Waals surface area (Å²) in [6.07, 6.45) is 0. The van der Waals surface area contributed by atoms with Crippen molar-refractivity contribution in [3.05, 3.63) is 230 Å². The lowest BCUT2D eigenvalue weighted by atomic mass is 9.85. The van der Waals surface area contributed by atoms with Gasteiger partial charge >= 0.3 is 0 Å². The Kier molecular flexibility index (Phi) is 9.09. The summed E-state index contributed by atoms with van der Waals surface area (Å²) < 4.78 is 2.40. The first-order valence-corrected chi connectivity index (χ1v) is 21.6. The molecule has 0 fully saturated rings. The third-order valence-electron chi connectivity index (χ3n) is 12.5. The fraction of sp³-hybridized carbons (Fsp3) is 0.0667. The number of nitrogens with zero attached hydrogens (tertiary/aromatic N) is 2. The number of aromatic nitrogens is 1. The van der Waals surface area contributed by atoms with Crippen LogP contribution in [0, 0.1) is 0 Å². The molecule has 2 heteroatoms. The van der Waals surface area contributed by atoms with E-state index in [0.29, 0.717) is 0 Å². The predicted molar refractivity (Wildman–Crippen MR) is 265 cm³/mol. The van der Waals surface area contributed by atoms with Gasteiger partial charge in [-0.05, 0) is 139 Å². The molecule has 0 amide bonds. The Morgan fingerprint density at radius 1 is 0.323 bits per heavy atom. The number of para-hydroxylation sites is 2. The van der Waals surface area contributed by atoms with Gasteiger partial charge in [0.15, 0.2) is 0 Å². The highest BCUT2D eigenvalue weighted by Crippen LogP contribution is 2.46. The Bertz CT molecular complexity index is 3400. The van der Waals surface area contributed by atoms with E-state index in [1.165, 1.54) is 82.3 Å². The van der Waals surface area contributed by atoms with Crippen LogP contribution >= 0.6 is 0 Å². The molecule has 0 aliphatic heterocycles. The minimum Gasteiger partial charge on any atom is -0.310 e. The smallest absolute Gasteiger partial charge is 0.0542 e. The van der Waals surface area contributed by atoms with Crippen molar-refractivity contribution in [2.75, 3.05) is 4.90 Å². The molecule has 0 N–H and O–H groups in total. The highest BCUT2D eigenvalue weighted by Gasteiger charge is 2.21. The summed E-state index contributed by atoms with van der Waals surface area (Å²) in [4.78, 5) is 2.38. The quantitative estimate of drug-likeness (QED) is 0.146. The summed E-state index contributed by atoms with van der Waals surface area (Å²) in [6.45, 7) is 6.88. The lowest BCUT2D eigenvalue weighted by molar-refractivity contribution is 0.591. The van der Waals surface area contributed by atoms with Crippen LogP contribution in [0.15, 0.2) is 224 Å². The van der Waals surface area contributed by atoms with Crippen molar-refractivity contribution in [2.45, 2.75) is 26.2 Å². The largest absolute Gasteiger partial charge is 0.310 e. The monoisotopic (exact) mass is 794 g/mol. The van der Waals surface area contributed by atoms with E-state index in [1.807, 2.05) is 0 Å². The highest BCUT2D eigenvalue weighted by atomic mass is 15.1. The zero-order valence-electron chi connectivity index (χ0n) is 35.3. The van der Waals surface area contributed by atoms with Gasteiger partial charge < -0.3 is 9.47 Å². The summed E-state index contributed by atoms with van der Waals surface area (Å²) in [5.74, 6) is 0. The Morgan fingerprint density at radius 2 is 0.790 bits per heavy atom. The topological polar surface area (TPSA) is 8.17 Å². The standard InChI is InChI=1S/C60H46N2/c1-60(2,3)45-31-36-56-53(39-45)54-40-49(34-37-57(54)62(56)47-24-14-7-15-25-47)61(46-22-12-6-13-23-46)48-32-28-41(29-33-48)44-30-35-52-55(38-44)59(43-20-10-5-11-21-43)51-27-17-16-26-50(51)58(52)42-18-8-4-9-19-42/h4-40H,1-3H3. The average Bonchev–Trinajstić information content (AvgIpc) is 3.65. The second-order valence-corrected chi connectivity index (χ2v) is 17.4. The lowest BCUT2D eigenvalue weighted by Gasteiger charge is -2.26. The van der Waals surface area contributed by atoms with Crippen LogP contribution in [-0.2, 0) is 5.41 Å². The van der Waals surface area contributed by atoms with Crippen LogP contribution in [0.2, 0.25) is 0 Å². The molecular formula is C60H46N2. The molecule has 0 spiro atoms. The molecule has 0 unspecified atom stereocenters. The summed E-state index contributed by atoms with van der Waals surface area (Å²) in [5, 5.41) is 7.52. The Labute approximate surface area is 363 Å². The summed E-state index contributed by atoms with van der Waals surface area (Å²) in [6, 6.07) is 82.1. The molecule has 0 atom stereocenters. The molecule has 0 bridgehead atoms. The molecular weight excluding hydrogens is 749 g/mol. The number of hydrogen-bond acceptors (Lipinski definition) is 1. The Hall–Kier alpha value is -7.68. The molecule has 0 saturated carbocycles. The maximum absolute atomic E-state index is 2.41. The van der Waals surface area contributed by atoms with E-state index in [9.17, 15) is 0 Å². The number of fused-ring (bicyclic) bond motifs is 5. The van der Waals surface area contributed by atoms with E-state index < -0.39 is 0 Å². The predicted octanol–water partition coefficient (Wildman–Crippen LogP) is 16.9. The summed E-state index contributed by atoms with van der Waals surface area (Å²) >= 11 is 0. The summed E-state index contributed by atoms with van der Waals surface area (Å²) in [7, 11) is 0. The fourth-order valence-corrected chi connectivity index (χ4v) is 9.49. The van der Waals surface area contributed by atoms with Crippen molar-refractivity contribution < 1.29 is 0 Å². The van der Waals surface area contributed by atoms with Crippen molar-refractivity contribution in [2.24, 2.45) is 0 Å². The van der Waals surface area contributed by atoms with E-state index in [-0.39, 0.29) is 5.41 Å². The van der Waals surface area contributed by atoms with Gasteiger partial charge in [-0.1, -0.05) is 172 Å². The molecule has 1 aromatic heterocycles. The summed E-state index contributed by atoms with van der Waals surface area (Å²) in [5.41, 5.74) is 15.6. The van der Waals surface area contributed by atoms with Crippen LogP contribution in [0.5, 0.6) is 0 Å². The van der Waals surface area contributed by atoms with Gasteiger partial charge in [-0.15, -0.1) is 0 Å². The number of rotatable bonds is 7. The van der Waals surface area contributed by atoms with Gasteiger partial charge in [-0.2, -0.15) is 0 Å². The van der Waals surface area contributed by atoms with Gasteiger partial charge in [-0.3, -0.25) is 0 Å². The maximum Gasteiger partial charge on any atom is 0.0542 e. The van der Waals surface area contributed by atoms with E-state index >= 15 is 0 Å². The first-order chi connectivity index (χ1) is 30.4. The van der Waals surface area contributed by atoms with Crippen molar-refractivity contribution in [1.82, 2.24) is 4.57 Å². The number of hydrogen-bond donors (Lipinski definition) is 0. The van der Waals surface area contributed by atoms with Gasteiger partial charge in [0.25, 0.3) is 0 Å². The van der Waals surface area contributed by atoms with Crippen molar-refractivity contribution in [1.29, 1.82) is 0 Å². The SMILES string of the molecule is CC(C)(C)c1ccc2c(c1)c1cc(N(c3ccccc3)c3ccc(-c4ccc5c(-c6ccccc6)c6ccccc6c(-c6ccccc6)c5c4)cc3)ccc1n2-c1ccccc1. The minimum absolute atomic E-state index is 0.0247. The molecule has 0 aliphatic carbocycles. The van der Waals surface area contributed by atoms with Gasteiger partial charge in [0.2, 0.25) is 0 Å². The van der Waals surface area contributed by atoms with Crippen molar-refractivity contribution >= 4 is 60.4 Å². The van der Waals surface area contributed by atoms with Crippen LogP contribution in [0.4, 0.5) is 17.1 Å². The lowest BCUT2D eigenvalue weighted by Crippen LogP contribution is -2.10. The van der Waals surface area contributed by atoms with E-state index in [1.54, 1.807) is 0 Å². The van der Waals surface area contributed by atoms with E-state index in [0.717, 1.165) is 22.7 Å². The maximum atomic E-state index is 2.41. The number of anilines is 3. The van der Waals surface area contributed by atoms with Crippen molar-refractivity contribution in [3.63, 3.8) is 0 Å². The average molecular weight is 795 g/mol. The normalized spacial score (nSPS) is 11.8. The van der Waals surface area contributed by atoms with Gasteiger partial charge in [0.1, 0.15) is 0 Å². The second kappa shape index (κ2) is 15.1.